The maximum atomic E-state index is 5.98. The van der Waals surface area contributed by atoms with Crippen LogP contribution in [0.15, 0.2) is 24.5 Å². The van der Waals surface area contributed by atoms with Crippen LogP contribution in [0.3, 0.4) is 0 Å². The van der Waals surface area contributed by atoms with Crippen LogP contribution in [-0.4, -0.2) is 16.7 Å². The summed E-state index contributed by atoms with van der Waals surface area (Å²) in [7, 11) is 1.84. The highest BCUT2D eigenvalue weighted by Crippen LogP contribution is 2.20. The first-order chi connectivity index (χ1) is 5.83. The van der Waals surface area contributed by atoms with Gasteiger partial charge in [-0.1, -0.05) is 11.6 Å². The largest absolute Gasteiger partial charge is 0.329 e. The first kappa shape index (κ1) is 7.43. The molecule has 2 aromatic heterocycles. The first-order valence-electron chi connectivity index (χ1n) is 3.62. The third-order valence-corrected chi connectivity index (χ3v) is 2.07. The zero-order valence-electron chi connectivity index (χ0n) is 6.58. The van der Waals surface area contributed by atoms with Crippen molar-refractivity contribution in [3.8, 4) is 0 Å². The molecular formula is C8H8ClN3. The standard InChI is InChI=1S/C8H8ClN3/c1-10-12-5-3-7-8(12)6(9)2-4-11-7/h2-5,10H,1H3. The number of pyridine rings is 1. The van der Waals surface area contributed by atoms with E-state index < -0.39 is 0 Å². The molecular weight excluding hydrogens is 174 g/mol. The minimum atomic E-state index is 0.708. The van der Waals surface area contributed by atoms with Gasteiger partial charge in [-0.15, -0.1) is 0 Å². The summed E-state index contributed by atoms with van der Waals surface area (Å²) in [6.07, 6.45) is 3.59. The number of aromatic nitrogens is 2. The molecule has 0 amide bonds. The van der Waals surface area contributed by atoms with Crippen LogP contribution in [0.5, 0.6) is 0 Å². The summed E-state index contributed by atoms with van der Waals surface area (Å²) in [6.45, 7) is 0. The molecule has 62 valence electrons. The molecule has 1 N–H and O–H groups in total. The summed E-state index contributed by atoms with van der Waals surface area (Å²) in [4.78, 5) is 4.17. The fourth-order valence-corrected chi connectivity index (χ4v) is 1.46. The van der Waals surface area contributed by atoms with Crippen molar-refractivity contribution in [2.24, 2.45) is 0 Å². The molecule has 0 aromatic carbocycles. The van der Waals surface area contributed by atoms with Crippen molar-refractivity contribution in [2.75, 3.05) is 12.5 Å². The fourth-order valence-electron chi connectivity index (χ4n) is 1.21. The van der Waals surface area contributed by atoms with E-state index in [1.165, 1.54) is 0 Å². The van der Waals surface area contributed by atoms with Crippen LogP contribution >= 0.6 is 11.6 Å². The quantitative estimate of drug-likeness (QED) is 0.728. The Labute approximate surface area is 74.9 Å². The van der Waals surface area contributed by atoms with Gasteiger partial charge in [0.1, 0.15) is 5.52 Å². The number of nitrogens with one attached hydrogen (secondary N) is 1. The summed E-state index contributed by atoms with van der Waals surface area (Å²) >= 11 is 5.98. The van der Waals surface area contributed by atoms with E-state index in [0.29, 0.717) is 5.02 Å². The molecule has 0 atom stereocenters. The molecule has 0 unspecified atom stereocenters. The van der Waals surface area contributed by atoms with Crippen LogP contribution in [0.4, 0.5) is 0 Å². The van der Waals surface area contributed by atoms with E-state index >= 15 is 0 Å². The van der Waals surface area contributed by atoms with Crippen molar-refractivity contribution in [3.63, 3.8) is 0 Å². The van der Waals surface area contributed by atoms with Crippen LogP contribution in [0, 0.1) is 0 Å². The zero-order chi connectivity index (χ0) is 8.55. The Bertz CT molecular complexity index is 408. The molecule has 0 radical (unpaired) electrons. The van der Waals surface area contributed by atoms with Crippen molar-refractivity contribution in [1.29, 1.82) is 0 Å². The van der Waals surface area contributed by atoms with Gasteiger partial charge in [0.15, 0.2) is 0 Å². The lowest BCUT2D eigenvalue weighted by atomic mass is 10.4. The average Bonchev–Trinajstić information content (AvgIpc) is 2.49. The molecule has 0 aliphatic heterocycles. The third-order valence-electron chi connectivity index (χ3n) is 1.77. The Kier molecular flexibility index (Phi) is 1.66. The Morgan fingerprint density at radius 1 is 1.50 bits per heavy atom. The van der Waals surface area contributed by atoms with Crippen molar-refractivity contribution >= 4 is 22.6 Å². The number of fused-ring (bicyclic) bond motifs is 1. The highest BCUT2D eigenvalue weighted by atomic mass is 35.5. The number of nitrogens with zero attached hydrogens (tertiary/aromatic N) is 2. The molecule has 0 saturated heterocycles. The van der Waals surface area contributed by atoms with Gasteiger partial charge in [-0.25, -0.2) is 0 Å². The van der Waals surface area contributed by atoms with E-state index in [1.807, 2.05) is 24.0 Å². The Morgan fingerprint density at radius 2 is 2.33 bits per heavy atom. The maximum Gasteiger partial charge on any atom is 0.106 e. The predicted octanol–water partition coefficient (Wildman–Crippen LogP) is 1.86. The zero-order valence-corrected chi connectivity index (χ0v) is 7.34. The lowest BCUT2D eigenvalue weighted by Gasteiger charge is -2.03. The topological polar surface area (TPSA) is 29.9 Å². The average molecular weight is 182 g/mol. The molecule has 0 spiro atoms. The lowest BCUT2D eigenvalue weighted by molar-refractivity contribution is 0.975. The molecule has 0 saturated carbocycles. The van der Waals surface area contributed by atoms with E-state index in [4.69, 9.17) is 11.6 Å². The Hall–Kier alpha value is -1.22. The molecule has 12 heavy (non-hydrogen) atoms. The Morgan fingerprint density at radius 3 is 3.08 bits per heavy atom. The Balaban J connectivity index is 2.83. The van der Waals surface area contributed by atoms with Crippen LogP contribution < -0.4 is 5.43 Å². The molecule has 3 nitrogen and oxygen atoms in total. The van der Waals surface area contributed by atoms with Crippen molar-refractivity contribution in [2.45, 2.75) is 0 Å². The van der Waals surface area contributed by atoms with Crippen LogP contribution in [0.1, 0.15) is 0 Å². The molecule has 2 aromatic rings. The van der Waals surface area contributed by atoms with Crippen molar-refractivity contribution in [3.05, 3.63) is 29.5 Å². The van der Waals surface area contributed by atoms with Gasteiger partial charge in [-0.2, -0.15) is 0 Å². The third kappa shape index (κ3) is 0.940. The van der Waals surface area contributed by atoms with E-state index in [9.17, 15) is 0 Å². The normalized spacial score (nSPS) is 10.5. The van der Waals surface area contributed by atoms with Gasteiger partial charge >= 0.3 is 0 Å². The molecule has 0 aliphatic carbocycles. The monoisotopic (exact) mass is 181 g/mol. The minimum absolute atomic E-state index is 0.708. The second-order valence-corrected chi connectivity index (χ2v) is 2.84. The van der Waals surface area contributed by atoms with Gasteiger partial charge < -0.3 is 5.43 Å². The SMILES string of the molecule is CNn1ccc2nccc(Cl)c21. The van der Waals surface area contributed by atoms with E-state index in [1.54, 1.807) is 12.3 Å². The molecule has 2 heterocycles. The first-order valence-corrected chi connectivity index (χ1v) is 4.00. The van der Waals surface area contributed by atoms with Crippen molar-refractivity contribution in [1.82, 2.24) is 9.66 Å². The van der Waals surface area contributed by atoms with Gasteiger partial charge in [0.25, 0.3) is 0 Å². The lowest BCUT2D eigenvalue weighted by Crippen LogP contribution is -2.06. The van der Waals surface area contributed by atoms with E-state index in [2.05, 4.69) is 10.4 Å². The van der Waals surface area contributed by atoms with Crippen molar-refractivity contribution < 1.29 is 0 Å². The highest BCUT2D eigenvalue weighted by molar-refractivity contribution is 6.34. The van der Waals surface area contributed by atoms with Gasteiger partial charge in [0, 0.05) is 19.4 Å². The molecule has 2 rings (SSSR count). The number of halogens is 1. The second-order valence-electron chi connectivity index (χ2n) is 2.44. The van der Waals surface area contributed by atoms with Crippen LogP contribution in [0.2, 0.25) is 5.02 Å². The van der Waals surface area contributed by atoms with Crippen LogP contribution in [-0.2, 0) is 0 Å². The summed E-state index contributed by atoms with van der Waals surface area (Å²) in [5.41, 5.74) is 4.80. The summed E-state index contributed by atoms with van der Waals surface area (Å²) < 4.78 is 1.84. The molecule has 0 fully saturated rings. The smallest absolute Gasteiger partial charge is 0.106 e. The van der Waals surface area contributed by atoms with Gasteiger partial charge in [0.2, 0.25) is 0 Å². The van der Waals surface area contributed by atoms with E-state index in [-0.39, 0.29) is 0 Å². The number of rotatable bonds is 1. The molecule has 4 heteroatoms. The fraction of sp³-hybridized carbons (Fsp3) is 0.125. The minimum Gasteiger partial charge on any atom is -0.329 e. The van der Waals surface area contributed by atoms with E-state index in [0.717, 1.165) is 11.0 Å². The summed E-state index contributed by atoms with van der Waals surface area (Å²) in [5.74, 6) is 0. The van der Waals surface area contributed by atoms with Crippen LogP contribution in [0.25, 0.3) is 11.0 Å². The van der Waals surface area contributed by atoms with Gasteiger partial charge in [0.05, 0.1) is 10.5 Å². The molecule has 0 bridgehead atoms. The highest BCUT2D eigenvalue weighted by Gasteiger charge is 2.03. The maximum absolute atomic E-state index is 5.98. The number of hydrogen-bond donors (Lipinski definition) is 1. The van der Waals surface area contributed by atoms with Gasteiger partial charge in [-0.05, 0) is 12.1 Å². The number of hydrogen-bond acceptors (Lipinski definition) is 2. The summed E-state index contributed by atoms with van der Waals surface area (Å²) in [5, 5.41) is 0.708. The molecule has 0 aliphatic rings. The second kappa shape index (κ2) is 2.68. The predicted molar refractivity (Wildman–Crippen MR) is 50.0 cm³/mol. The summed E-state index contributed by atoms with van der Waals surface area (Å²) in [6, 6.07) is 3.69. The van der Waals surface area contributed by atoms with Gasteiger partial charge in [-0.3, -0.25) is 9.66 Å².